The number of anilines is 1. The number of esters is 1. The average Bonchev–Trinajstić information content (AvgIpc) is 2.54. The number of fused-ring (bicyclic) bond motifs is 1. The Labute approximate surface area is 138 Å². The summed E-state index contributed by atoms with van der Waals surface area (Å²) in [6, 6.07) is 3.67. The van der Waals surface area contributed by atoms with Crippen molar-refractivity contribution in [2.75, 3.05) is 12.4 Å². The van der Waals surface area contributed by atoms with Crippen LogP contribution in [-0.4, -0.2) is 24.6 Å². The second-order valence-corrected chi connectivity index (χ2v) is 7.11. The Morgan fingerprint density at radius 2 is 2.05 bits per heavy atom. The summed E-state index contributed by atoms with van der Waals surface area (Å²) >= 11 is 3.43. The molecule has 0 saturated heterocycles. The van der Waals surface area contributed by atoms with Crippen LogP contribution in [-0.2, 0) is 20.7 Å². The lowest BCUT2D eigenvalue weighted by Gasteiger charge is -2.22. The first-order chi connectivity index (χ1) is 10.2. The molecule has 2 rings (SSSR count). The minimum atomic E-state index is -0.795. The van der Waals surface area contributed by atoms with Gasteiger partial charge in [0.1, 0.15) is 17.3 Å². The van der Waals surface area contributed by atoms with Crippen LogP contribution in [0.15, 0.2) is 16.6 Å². The monoisotopic (exact) mass is 369 g/mol. The van der Waals surface area contributed by atoms with Crippen LogP contribution in [0.2, 0.25) is 0 Å². The van der Waals surface area contributed by atoms with Gasteiger partial charge >= 0.3 is 5.97 Å². The number of hydrogen-bond donors (Lipinski definition) is 1. The van der Waals surface area contributed by atoms with Crippen LogP contribution in [0.4, 0.5) is 5.69 Å². The third-order valence-electron chi connectivity index (χ3n) is 3.35. The van der Waals surface area contributed by atoms with E-state index in [2.05, 4.69) is 21.2 Å². The van der Waals surface area contributed by atoms with Crippen molar-refractivity contribution in [2.45, 2.75) is 39.2 Å². The first-order valence-electron chi connectivity index (χ1n) is 7.11. The number of nitrogens with one attached hydrogen (secondary N) is 1. The minimum absolute atomic E-state index is 0.336. The number of methoxy groups -OCH3 is 1. The Morgan fingerprint density at radius 1 is 1.36 bits per heavy atom. The van der Waals surface area contributed by atoms with Crippen LogP contribution in [0.25, 0.3) is 0 Å². The molecule has 1 aliphatic heterocycles. The molecular weight excluding hydrogens is 350 g/mol. The lowest BCUT2D eigenvalue weighted by Crippen LogP contribution is -2.35. The summed E-state index contributed by atoms with van der Waals surface area (Å²) in [5, 5.41) is 2.80. The molecule has 0 radical (unpaired) electrons. The smallest absolute Gasteiger partial charge is 0.319 e. The Bertz CT molecular complexity index is 607. The van der Waals surface area contributed by atoms with Gasteiger partial charge in [-0.2, -0.15) is 0 Å². The summed E-state index contributed by atoms with van der Waals surface area (Å²) < 4.78 is 11.4. The summed E-state index contributed by atoms with van der Waals surface area (Å²) in [7, 11) is 1.56. The van der Waals surface area contributed by atoms with E-state index in [9.17, 15) is 9.59 Å². The fraction of sp³-hybridized carbons (Fsp3) is 0.500. The van der Waals surface area contributed by atoms with Gasteiger partial charge < -0.3 is 14.8 Å². The molecule has 1 heterocycles. The van der Waals surface area contributed by atoms with Gasteiger partial charge in [0.2, 0.25) is 5.91 Å². The third-order valence-corrected chi connectivity index (χ3v) is 3.97. The van der Waals surface area contributed by atoms with E-state index in [1.165, 1.54) is 0 Å². The van der Waals surface area contributed by atoms with E-state index in [-0.39, 0.29) is 5.91 Å². The lowest BCUT2D eigenvalue weighted by atomic mass is 10.00. The summed E-state index contributed by atoms with van der Waals surface area (Å²) in [5.74, 6) is -0.979. The molecule has 1 amide bonds. The molecule has 6 heteroatoms. The number of benzene rings is 1. The van der Waals surface area contributed by atoms with Crippen LogP contribution in [0.5, 0.6) is 5.75 Å². The topological polar surface area (TPSA) is 64.6 Å². The molecule has 1 atom stereocenters. The van der Waals surface area contributed by atoms with Gasteiger partial charge in [-0.05, 0) is 61.2 Å². The van der Waals surface area contributed by atoms with Crippen molar-refractivity contribution in [1.29, 1.82) is 0 Å². The van der Waals surface area contributed by atoms with Gasteiger partial charge in [-0.1, -0.05) is 0 Å². The van der Waals surface area contributed by atoms with Gasteiger partial charge in [0.15, 0.2) is 0 Å². The van der Waals surface area contributed by atoms with Gasteiger partial charge in [-0.25, -0.2) is 0 Å². The van der Waals surface area contributed by atoms with Crippen LogP contribution in [0.1, 0.15) is 32.8 Å². The summed E-state index contributed by atoms with van der Waals surface area (Å²) in [4.78, 5) is 24.5. The van der Waals surface area contributed by atoms with Gasteiger partial charge in [0, 0.05) is 11.8 Å². The van der Waals surface area contributed by atoms with Crippen LogP contribution in [0, 0.1) is 5.92 Å². The molecule has 1 aromatic carbocycles. The summed E-state index contributed by atoms with van der Waals surface area (Å²) in [6.07, 6.45) is 1.03. The second-order valence-electron chi connectivity index (χ2n) is 6.26. The highest BCUT2D eigenvalue weighted by molar-refractivity contribution is 9.10. The largest absolute Gasteiger partial charge is 0.495 e. The number of carbonyl (C=O) groups is 2. The van der Waals surface area contributed by atoms with Gasteiger partial charge in [-0.15, -0.1) is 0 Å². The quantitative estimate of drug-likeness (QED) is 0.641. The number of amides is 1. The third kappa shape index (κ3) is 3.80. The van der Waals surface area contributed by atoms with Crippen LogP contribution in [0.3, 0.4) is 0 Å². The van der Waals surface area contributed by atoms with E-state index < -0.39 is 17.5 Å². The molecule has 0 saturated carbocycles. The Morgan fingerprint density at radius 3 is 2.64 bits per heavy atom. The first kappa shape index (κ1) is 16.8. The summed E-state index contributed by atoms with van der Waals surface area (Å²) in [5.41, 5.74) is 1.03. The molecule has 0 bridgehead atoms. The molecule has 0 fully saturated rings. The normalized spacial score (nSPS) is 18.0. The Kier molecular flexibility index (Phi) is 4.80. The molecule has 1 aromatic rings. The SMILES string of the molecule is COc1cc2c(cc1Br)CCC(C(=O)OC(C)(C)C)C(=O)N2. The Hall–Kier alpha value is -1.56. The zero-order valence-corrected chi connectivity index (χ0v) is 14.7. The fourth-order valence-corrected chi connectivity index (χ4v) is 2.88. The zero-order valence-electron chi connectivity index (χ0n) is 13.2. The van der Waals surface area contributed by atoms with Crippen LogP contribution >= 0.6 is 15.9 Å². The standard InChI is InChI=1S/C16H20BrNO4/c1-16(2,3)22-15(20)10-6-5-9-7-11(17)13(21-4)8-12(9)18-14(10)19/h7-8,10H,5-6H2,1-4H3,(H,18,19). The van der Waals surface area contributed by atoms with E-state index in [0.29, 0.717) is 24.3 Å². The maximum Gasteiger partial charge on any atom is 0.319 e. The van der Waals surface area contributed by atoms with E-state index >= 15 is 0 Å². The van der Waals surface area contributed by atoms with Crippen molar-refractivity contribution < 1.29 is 19.1 Å². The maximum atomic E-state index is 12.3. The minimum Gasteiger partial charge on any atom is -0.495 e. The molecule has 5 nitrogen and oxygen atoms in total. The van der Waals surface area contributed by atoms with Gasteiger partial charge in [-0.3, -0.25) is 9.59 Å². The number of aryl methyl sites for hydroxylation is 1. The molecule has 1 N–H and O–H groups in total. The average molecular weight is 370 g/mol. The first-order valence-corrected chi connectivity index (χ1v) is 7.90. The number of carbonyl (C=O) groups excluding carboxylic acids is 2. The van der Waals surface area contributed by atoms with E-state index in [1.54, 1.807) is 33.9 Å². The van der Waals surface area contributed by atoms with Crippen molar-refractivity contribution >= 4 is 33.5 Å². The molecule has 0 aromatic heterocycles. The van der Waals surface area contributed by atoms with Crippen molar-refractivity contribution in [3.63, 3.8) is 0 Å². The van der Waals surface area contributed by atoms with E-state index in [0.717, 1.165) is 10.0 Å². The molecule has 1 aliphatic rings. The highest BCUT2D eigenvalue weighted by Crippen LogP contribution is 2.34. The highest BCUT2D eigenvalue weighted by Gasteiger charge is 2.33. The van der Waals surface area contributed by atoms with Crippen molar-refractivity contribution in [3.05, 3.63) is 22.2 Å². The van der Waals surface area contributed by atoms with Crippen molar-refractivity contribution in [3.8, 4) is 5.75 Å². The molecule has 0 aliphatic carbocycles. The lowest BCUT2D eigenvalue weighted by molar-refractivity contribution is -0.161. The maximum absolute atomic E-state index is 12.3. The van der Waals surface area contributed by atoms with Crippen molar-refractivity contribution in [1.82, 2.24) is 0 Å². The number of halogens is 1. The molecule has 1 unspecified atom stereocenters. The second kappa shape index (κ2) is 6.28. The highest BCUT2D eigenvalue weighted by atomic mass is 79.9. The Balaban J connectivity index is 2.23. The van der Waals surface area contributed by atoms with Crippen LogP contribution < -0.4 is 10.1 Å². The molecule has 120 valence electrons. The predicted octanol–water partition coefficient (Wildman–Crippen LogP) is 3.30. The van der Waals surface area contributed by atoms with E-state index in [4.69, 9.17) is 9.47 Å². The number of ether oxygens (including phenoxy) is 2. The molecular formula is C16H20BrNO4. The zero-order chi connectivity index (χ0) is 16.5. The number of hydrogen-bond acceptors (Lipinski definition) is 4. The number of rotatable bonds is 2. The molecule has 22 heavy (non-hydrogen) atoms. The summed E-state index contributed by atoms with van der Waals surface area (Å²) in [6.45, 7) is 5.36. The van der Waals surface area contributed by atoms with Gasteiger partial charge in [0.05, 0.1) is 11.6 Å². The fourth-order valence-electron chi connectivity index (χ4n) is 2.32. The predicted molar refractivity (Wildman–Crippen MR) is 87.0 cm³/mol. The molecule has 0 spiro atoms. The van der Waals surface area contributed by atoms with Gasteiger partial charge in [0.25, 0.3) is 0 Å². The van der Waals surface area contributed by atoms with E-state index in [1.807, 2.05) is 6.07 Å². The van der Waals surface area contributed by atoms with Crippen molar-refractivity contribution in [2.24, 2.45) is 5.92 Å².